The van der Waals surface area contributed by atoms with E-state index in [9.17, 15) is 22.8 Å². The van der Waals surface area contributed by atoms with Crippen molar-refractivity contribution >= 4 is 56.5 Å². The number of hydrogen-bond acceptors (Lipinski definition) is 5. The monoisotopic (exact) mass is 669 g/mol. The molecular formula is C31H20BrClF3N3O4. The summed E-state index contributed by atoms with van der Waals surface area (Å²) in [4.78, 5) is 28.8. The van der Waals surface area contributed by atoms with E-state index in [1.54, 1.807) is 54.6 Å². The Morgan fingerprint density at radius 1 is 1.00 bits per heavy atom. The van der Waals surface area contributed by atoms with E-state index in [1.807, 2.05) is 0 Å². The molecule has 0 fully saturated rings. The lowest BCUT2D eigenvalue weighted by Gasteiger charge is -2.09. The first-order valence-corrected chi connectivity index (χ1v) is 13.7. The van der Waals surface area contributed by atoms with E-state index in [4.69, 9.17) is 21.1 Å². The molecule has 0 saturated carbocycles. The Balaban J connectivity index is 1.47. The Bertz CT molecular complexity index is 1890. The molecule has 5 aromatic rings. The number of hydrogen-bond donors (Lipinski definition) is 2. The molecule has 12 heteroatoms. The number of carbonyl (C=O) groups excluding carboxylic acids is 2. The van der Waals surface area contributed by atoms with Crippen LogP contribution in [0.2, 0.25) is 5.02 Å². The molecule has 0 bridgehead atoms. The summed E-state index contributed by atoms with van der Waals surface area (Å²) in [5.74, 6) is -0.847. The van der Waals surface area contributed by atoms with Crippen molar-refractivity contribution < 1.29 is 32.2 Å². The summed E-state index contributed by atoms with van der Waals surface area (Å²) in [5.41, 5.74) is 2.11. The van der Waals surface area contributed by atoms with Crippen LogP contribution < -0.4 is 14.9 Å². The number of nitrogens with zero attached hydrogens (tertiary/aromatic N) is 1. The number of rotatable bonds is 7. The highest BCUT2D eigenvalue weighted by Crippen LogP contribution is 2.41. The lowest BCUT2D eigenvalue weighted by Crippen LogP contribution is -2.19. The molecule has 2 N–H and O–H groups in total. The first-order valence-electron chi connectivity index (χ1n) is 12.5. The molecule has 0 atom stereocenters. The fourth-order valence-corrected chi connectivity index (χ4v) is 5.02. The average molecular weight is 671 g/mol. The summed E-state index contributed by atoms with van der Waals surface area (Å²) in [7, 11) is 1.48. The van der Waals surface area contributed by atoms with Crippen molar-refractivity contribution in [2.45, 2.75) is 6.18 Å². The van der Waals surface area contributed by atoms with Gasteiger partial charge in [-0.3, -0.25) is 4.79 Å². The maximum Gasteiger partial charge on any atom is 0.418 e. The van der Waals surface area contributed by atoms with Gasteiger partial charge in [0.15, 0.2) is 0 Å². The van der Waals surface area contributed by atoms with Crippen molar-refractivity contribution in [3.63, 3.8) is 0 Å². The van der Waals surface area contributed by atoms with Gasteiger partial charge in [0.25, 0.3) is 5.91 Å². The van der Waals surface area contributed by atoms with Gasteiger partial charge in [-0.05, 0) is 48.5 Å². The smallest absolute Gasteiger partial charge is 0.418 e. The van der Waals surface area contributed by atoms with Crippen molar-refractivity contribution in [3.05, 3.63) is 117 Å². The molecule has 218 valence electrons. The van der Waals surface area contributed by atoms with Crippen LogP contribution >= 0.6 is 27.5 Å². The maximum absolute atomic E-state index is 13.8. The summed E-state index contributed by atoms with van der Waals surface area (Å²) in [5, 5.41) is 4.40. The summed E-state index contributed by atoms with van der Waals surface area (Å²) >= 11 is 9.74. The number of H-pyrrole nitrogens is 1. The zero-order valence-corrected chi connectivity index (χ0v) is 24.5. The number of hydrazone groups is 1. The van der Waals surface area contributed by atoms with Crippen molar-refractivity contribution in [1.29, 1.82) is 0 Å². The number of amides is 1. The van der Waals surface area contributed by atoms with Gasteiger partial charge in [0.2, 0.25) is 0 Å². The molecule has 0 aliphatic rings. The zero-order valence-electron chi connectivity index (χ0n) is 22.1. The number of para-hydroxylation sites is 1. The number of aromatic nitrogens is 1. The van der Waals surface area contributed by atoms with Crippen LogP contribution in [0.3, 0.4) is 0 Å². The number of halogens is 5. The van der Waals surface area contributed by atoms with Crippen LogP contribution in [0, 0.1) is 0 Å². The Hall–Kier alpha value is -4.61. The second-order valence-electron chi connectivity index (χ2n) is 9.08. The molecule has 0 aliphatic carbocycles. The van der Waals surface area contributed by atoms with Gasteiger partial charge >= 0.3 is 12.1 Å². The number of carbonyl (C=O) groups is 2. The van der Waals surface area contributed by atoms with Crippen LogP contribution in [0.1, 0.15) is 32.0 Å². The first-order chi connectivity index (χ1) is 20.6. The van der Waals surface area contributed by atoms with Gasteiger partial charge in [0, 0.05) is 31.6 Å². The Morgan fingerprint density at radius 3 is 2.51 bits per heavy atom. The van der Waals surface area contributed by atoms with Gasteiger partial charge in [0.1, 0.15) is 17.2 Å². The van der Waals surface area contributed by atoms with E-state index >= 15 is 0 Å². The lowest BCUT2D eigenvalue weighted by atomic mass is 10.00. The molecule has 0 saturated heterocycles. The highest BCUT2D eigenvalue weighted by molar-refractivity contribution is 9.10. The molecule has 1 heterocycles. The minimum absolute atomic E-state index is 0.145. The van der Waals surface area contributed by atoms with Crippen LogP contribution in [0.25, 0.3) is 22.0 Å². The second-order valence-corrected chi connectivity index (χ2v) is 10.4. The van der Waals surface area contributed by atoms with E-state index < -0.39 is 23.6 Å². The fourth-order valence-electron chi connectivity index (χ4n) is 4.41. The molecule has 0 aliphatic heterocycles. The molecule has 0 spiro atoms. The standard InChI is InChI=1S/C31H20BrClF3N3O4/c1-42-20-7-4-6-17(15-20)30(41)43-25-13-12-19(32)14-18(25)16-37-39-29(40)28-26(21-8-2-3-11-24(21)33)22-9-5-10-23(27(22)38-28)31(34,35)36/h2-16,38H,1H3,(H,39,40). The average Bonchev–Trinajstić information content (AvgIpc) is 3.37. The van der Waals surface area contributed by atoms with Gasteiger partial charge in [-0.25, -0.2) is 10.2 Å². The van der Waals surface area contributed by atoms with Crippen molar-refractivity contribution in [2.75, 3.05) is 7.11 Å². The molecule has 1 amide bonds. The molecular weight excluding hydrogens is 651 g/mol. The molecule has 4 aromatic carbocycles. The maximum atomic E-state index is 13.8. The van der Waals surface area contributed by atoms with Crippen molar-refractivity contribution in [1.82, 2.24) is 10.4 Å². The number of fused-ring (bicyclic) bond motifs is 1. The van der Waals surface area contributed by atoms with Crippen LogP contribution in [-0.4, -0.2) is 30.2 Å². The number of alkyl halides is 3. The largest absolute Gasteiger partial charge is 0.497 e. The van der Waals surface area contributed by atoms with Crippen LogP contribution in [0.5, 0.6) is 11.5 Å². The topological polar surface area (TPSA) is 92.8 Å². The molecule has 7 nitrogen and oxygen atoms in total. The van der Waals surface area contributed by atoms with Gasteiger partial charge in [-0.2, -0.15) is 18.3 Å². The summed E-state index contributed by atoms with van der Waals surface area (Å²) in [6.07, 6.45) is -3.43. The number of methoxy groups -OCH3 is 1. The highest BCUT2D eigenvalue weighted by Gasteiger charge is 2.35. The molecule has 5 rings (SSSR count). The van der Waals surface area contributed by atoms with E-state index in [-0.39, 0.29) is 38.5 Å². The number of ether oxygens (including phenoxy) is 2. The van der Waals surface area contributed by atoms with E-state index in [1.165, 1.54) is 37.6 Å². The van der Waals surface area contributed by atoms with E-state index in [0.717, 1.165) is 6.07 Å². The Morgan fingerprint density at radius 2 is 1.77 bits per heavy atom. The number of benzene rings is 4. The third-order valence-corrected chi connectivity index (χ3v) is 7.18. The van der Waals surface area contributed by atoms with Gasteiger partial charge in [-0.15, -0.1) is 0 Å². The normalized spacial score (nSPS) is 11.6. The second kappa shape index (κ2) is 12.3. The number of esters is 1. The predicted octanol–water partition coefficient (Wildman–Crippen LogP) is 8.26. The van der Waals surface area contributed by atoms with Gasteiger partial charge < -0.3 is 14.5 Å². The minimum Gasteiger partial charge on any atom is -0.497 e. The van der Waals surface area contributed by atoms with Crippen LogP contribution in [-0.2, 0) is 6.18 Å². The highest BCUT2D eigenvalue weighted by atomic mass is 79.9. The van der Waals surface area contributed by atoms with Crippen LogP contribution in [0.4, 0.5) is 13.2 Å². The molecule has 1 aromatic heterocycles. The van der Waals surface area contributed by atoms with Gasteiger partial charge in [-0.1, -0.05) is 63.9 Å². The molecule has 43 heavy (non-hydrogen) atoms. The Labute approximate surface area is 256 Å². The van der Waals surface area contributed by atoms with Crippen molar-refractivity contribution in [2.24, 2.45) is 5.10 Å². The number of aromatic amines is 1. The molecule has 0 unspecified atom stereocenters. The summed E-state index contributed by atoms with van der Waals surface area (Å²) < 4.78 is 52.8. The predicted molar refractivity (Wildman–Crippen MR) is 161 cm³/mol. The molecule has 0 radical (unpaired) electrons. The van der Waals surface area contributed by atoms with Crippen molar-refractivity contribution in [3.8, 4) is 22.6 Å². The number of nitrogens with one attached hydrogen (secondary N) is 2. The first kappa shape index (κ1) is 29.9. The Kier molecular flexibility index (Phi) is 8.56. The quantitative estimate of drug-likeness (QED) is 0.0790. The van der Waals surface area contributed by atoms with Gasteiger partial charge in [0.05, 0.1) is 30.0 Å². The SMILES string of the molecule is COc1cccc(C(=O)Oc2ccc(Br)cc2C=NNC(=O)c2[nH]c3c(C(F)(F)F)cccc3c2-c2ccccc2Cl)c1. The zero-order chi connectivity index (χ0) is 30.7. The third-order valence-electron chi connectivity index (χ3n) is 6.36. The lowest BCUT2D eigenvalue weighted by molar-refractivity contribution is -0.136. The van der Waals surface area contributed by atoms with E-state index in [2.05, 4.69) is 31.4 Å². The van der Waals surface area contributed by atoms with Crippen LogP contribution in [0.15, 0.2) is 94.5 Å². The third kappa shape index (κ3) is 6.42. The summed E-state index contributed by atoms with van der Waals surface area (Å²) in [6.45, 7) is 0. The minimum atomic E-state index is -4.67. The van der Waals surface area contributed by atoms with E-state index in [0.29, 0.717) is 21.3 Å². The summed E-state index contributed by atoms with van der Waals surface area (Å²) in [6, 6.07) is 21.4. The fraction of sp³-hybridized carbons (Fsp3) is 0.0645.